The molecule has 0 bridgehead atoms. The van der Waals surface area contributed by atoms with Gasteiger partial charge in [0.05, 0.1) is 25.4 Å². The molecule has 248 valence electrons. The summed E-state index contributed by atoms with van der Waals surface area (Å²) in [6, 6.07) is 19.1. The summed E-state index contributed by atoms with van der Waals surface area (Å²) >= 11 is 0. The summed E-state index contributed by atoms with van der Waals surface area (Å²) in [5, 5.41) is 3.01. The lowest BCUT2D eigenvalue weighted by molar-refractivity contribution is 0.102. The van der Waals surface area contributed by atoms with Gasteiger partial charge in [0.1, 0.15) is 22.9 Å². The van der Waals surface area contributed by atoms with Gasteiger partial charge in [0.2, 0.25) is 0 Å². The summed E-state index contributed by atoms with van der Waals surface area (Å²) < 4.78 is 61.7. The molecule has 0 aliphatic rings. The Bertz CT molecular complexity index is 2320. The Morgan fingerprint density at radius 1 is 0.816 bits per heavy atom. The van der Waals surface area contributed by atoms with Crippen LogP contribution in [0.2, 0.25) is 0 Å². The number of nitrogens with one attached hydrogen (secondary N) is 1. The van der Waals surface area contributed by atoms with Crippen LogP contribution in [0.5, 0.6) is 23.0 Å². The van der Waals surface area contributed by atoms with Gasteiger partial charge in [-0.15, -0.1) is 0 Å². The molecule has 0 unspecified atom stereocenters. The number of hydrogen-bond acceptors (Lipinski definition) is 7. The van der Waals surface area contributed by atoms with Crippen LogP contribution in [0.25, 0.3) is 16.6 Å². The molecule has 0 saturated heterocycles. The van der Waals surface area contributed by atoms with Gasteiger partial charge in [-0.3, -0.25) is 19.1 Å². The van der Waals surface area contributed by atoms with E-state index in [0.717, 1.165) is 33.5 Å². The standard InChI is InChI=1S/C36H27F3N4O6/c1-47-32-18-25-29(19-33(32)48-2)40-15-13-30(25)49-31-12-9-23(17-28(31)39)41-34(44)26-20-42(16-14-21-5-3-4-6-27(21)38)36(46)43(35(26)45)24-10-7-22(37)8-11-24/h3-13,15,17-20H,14,16H2,1-2H3,(H,41,44). The van der Waals surface area contributed by atoms with E-state index in [2.05, 4.69) is 10.3 Å². The number of aryl methyl sites for hydroxylation is 2. The minimum atomic E-state index is -0.992. The van der Waals surface area contributed by atoms with E-state index >= 15 is 4.39 Å². The van der Waals surface area contributed by atoms with Crippen LogP contribution in [0.1, 0.15) is 15.9 Å². The number of carbonyl (C=O) groups is 1. The molecule has 0 atom stereocenters. The summed E-state index contributed by atoms with van der Waals surface area (Å²) in [7, 11) is 2.97. The Balaban J connectivity index is 1.30. The first-order valence-electron chi connectivity index (χ1n) is 14.8. The number of halogens is 3. The number of carbonyl (C=O) groups excluding carboxylic acids is 1. The van der Waals surface area contributed by atoms with Crippen LogP contribution < -0.4 is 30.8 Å². The van der Waals surface area contributed by atoms with Crippen molar-refractivity contribution in [1.82, 2.24) is 14.1 Å². The zero-order chi connectivity index (χ0) is 34.7. The zero-order valence-electron chi connectivity index (χ0n) is 26.1. The van der Waals surface area contributed by atoms with Crippen molar-refractivity contribution in [2.24, 2.45) is 0 Å². The van der Waals surface area contributed by atoms with Gasteiger partial charge in [0.25, 0.3) is 11.5 Å². The van der Waals surface area contributed by atoms with Crippen LogP contribution in [0.3, 0.4) is 0 Å². The fourth-order valence-electron chi connectivity index (χ4n) is 5.19. The number of hydrogen-bond donors (Lipinski definition) is 1. The van der Waals surface area contributed by atoms with Gasteiger partial charge in [-0.1, -0.05) is 18.2 Å². The smallest absolute Gasteiger partial charge is 0.335 e. The molecular formula is C36H27F3N4O6. The van der Waals surface area contributed by atoms with Crippen molar-refractivity contribution >= 4 is 22.5 Å². The SMILES string of the molecule is COc1cc2nccc(Oc3ccc(NC(=O)c4cn(CCc5ccccc5F)c(=O)n(-c5ccc(F)cc5)c4=O)cc3F)c2cc1OC. The topological polar surface area (TPSA) is 114 Å². The van der Waals surface area contributed by atoms with Gasteiger partial charge < -0.3 is 19.5 Å². The Morgan fingerprint density at radius 3 is 2.27 bits per heavy atom. The number of methoxy groups -OCH3 is 2. The van der Waals surface area contributed by atoms with Crippen LogP contribution in [-0.4, -0.2) is 34.2 Å². The number of amides is 1. The summed E-state index contributed by atoms with van der Waals surface area (Å²) in [6.45, 7) is -0.0927. The van der Waals surface area contributed by atoms with Gasteiger partial charge in [0, 0.05) is 42.1 Å². The number of benzene rings is 4. The molecule has 6 aromatic rings. The molecular weight excluding hydrogens is 641 g/mol. The summed E-state index contributed by atoms with van der Waals surface area (Å²) in [6.07, 6.45) is 2.62. The largest absolute Gasteiger partial charge is 0.493 e. The van der Waals surface area contributed by atoms with Gasteiger partial charge in [-0.05, 0) is 66.6 Å². The maximum atomic E-state index is 15.4. The quantitative estimate of drug-likeness (QED) is 0.183. The lowest BCUT2D eigenvalue weighted by Gasteiger charge is -2.14. The van der Waals surface area contributed by atoms with Gasteiger partial charge in [-0.25, -0.2) is 22.5 Å². The molecule has 2 heterocycles. The summed E-state index contributed by atoms with van der Waals surface area (Å²) in [5.74, 6) is -1.87. The minimum absolute atomic E-state index is 0.0120. The maximum absolute atomic E-state index is 15.4. The van der Waals surface area contributed by atoms with Gasteiger partial charge in [-0.2, -0.15) is 0 Å². The van der Waals surface area contributed by atoms with E-state index < -0.39 is 40.2 Å². The molecule has 1 N–H and O–H groups in total. The highest BCUT2D eigenvalue weighted by atomic mass is 19.1. The summed E-state index contributed by atoms with van der Waals surface area (Å²) in [5.41, 5.74) is -1.45. The Hall–Kier alpha value is -6.37. The third-order valence-corrected chi connectivity index (χ3v) is 7.68. The highest BCUT2D eigenvalue weighted by molar-refractivity contribution is 6.04. The molecule has 10 nitrogen and oxygen atoms in total. The van der Waals surface area contributed by atoms with Gasteiger partial charge in [0.15, 0.2) is 23.1 Å². The fourth-order valence-corrected chi connectivity index (χ4v) is 5.19. The van der Waals surface area contributed by atoms with E-state index in [4.69, 9.17) is 14.2 Å². The van der Waals surface area contributed by atoms with Crippen molar-refractivity contribution < 1.29 is 32.2 Å². The maximum Gasteiger partial charge on any atom is 0.335 e. The summed E-state index contributed by atoms with van der Waals surface area (Å²) in [4.78, 5) is 44.7. The van der Waals surface area contributed by atoms with E-state index in [0.29, 0.717) is 28.0 Å². The molecule has 1 amide bonds. The third kappa shape index (κ3) is 6.72. The third-order valence-electron chi connectivity index (χ3n) is 7.68. The Morgan fingerprint density at radius 2 is 1.55 bits per heavy atom. The van der Waals surface area contributed by atoms with E-state index in [-0.39, 0.29) is 35.8 Å². The Labute approximate surface area is 276 Å². The molecule has 4 aromatic carbocycles. The lowest BCUT2D eigenvalue weighted by Crippen LogP contribution is -2.42. The lowest BCUT2D eigenvalue weighted by atomic mass is 10.1. The first-order chi connectivity index (χ1) is 23.7. The van der Waals surface area contributed by atoms with E-state index in [1.807, 2.05) is 0 Å². The fraction of sp³-hybridized carbons (Fsp3) is 0.111. The van der Waals surface area contributed by atoms with E-state index in [1.54, 1.807) is 30.3 Å². The van der Waals surface area contributed by atoms with Crippen molar-refractivity contribution in [3.63, 3.8) is 0 Å². The number of pyridine rings is 1. The average molecular weight is 669 g/mol. The molecule has 6 rings (SSSR count). The molecule has 0 spiro atoms. The average Bonchev–Trinajstić information content (AvgIpc) is 3.10. The van der Waals surface area contributed by atoms with E-state index in [9.17, 15) is 23.2 Å². The molecule has 2 aromatic heterocycles. The highest BCUT2D eigenvalue weighted by Crippen LogP contribution is 2.37. The molecule has 0 aliphatic heterocycles. The predicted octanol–water partition coefficient (Wildman–Crippen LogP) is 6.27. The van der Waals surface area contributed by atoms with Gasteiger partial charge >= 0.3 is 5.69 Å². The number of ether oxygens (including phenoxy) is 3. The molecule has 0 radical (unpaired) electrons. The molecule has 13 heteroatoms. The van der Waals surface area contributed by atoms with Crippen LogP contribution in [0, 0.1) is 17.5 Å². The zero-order valence-corrected chi connectivity index (χ0v) is 26.1. The normalized spacial score (nSPS) is 11.0. The molecule has 0 saturated carbocycles. The Kier molecular flexibility index (Phi) is 9.16. The molecule has 0 fully saturated rings. The van der Waals surface area contributed by atoms with Crippen LogP contribution >= 0.6 is 0 Å². The number of nitrogens with zero attached hydrogens (tertiary/aromatic N) is 3. The van der Waals surface area contributed by atoms with E-state index in [1.165, 1.54) is 56.8 Å². The number of rotatable bonds is 10. The second-order valence-corrected chi connectivity index (χ2v) is 10.7. The van der Waals surface area contributed by atoms with Crippen molar-refractivity contribution in [2.45, 2.75) is 13.0 Å². The van der Waals surface area contributed by atoms with Crippen LogP contribution in [-0.2, 0) is 13.0 Å². The van der Waals surface area contributed by atoms with Crippen molar-refractivity contribution in [3.8, 4) is 28.7 Å². The predicted molar refractivity (Wildman–Crippen MR) is 176 cm³/mol. The monoisotopic (exact) mass is 668 g/mol. The molecule has 49 heavy (non-hydrogen) atoms. The van der Waals surface area contributed by atoms with Crippen molar-refractivity contribution in [2.75, 3.05) is 19.5 Å². The second kappa shape index (κ2) is 13.8. The number of aromatic nitrogens is 3. The first-order valence-corrected chi connectivity index (χ1v) is 14.8. The van der Waals surface area contributed by atoms with Crippen LogP contribution in [0.4, 0.5) is 18.9 Å². The number of anilines is 1. The van der Waals surface area contributed by atoms with Crippen LogP contribution in [0.15, 0.2) is 107 Å². The highest BCUT2D eigenvalue weighted by Gasteiger charge is 2.20. The first kappa shape index (κ1) is 32.6. The minimum Gasteiger partial charge on any atom is -0.493 e. The van der Waals surface area contributed by atoms with Crippen molar-refractivity contribution in [1.29, 1.82) is 0 Å². The second-order valence-electron chi connectivity index (χ2n) is 10.7. The molecule has 0 aliphatic carbocycles. The number of fused-ring (bicyclic) bond motifs is 1. The van der Waals surface area contributed by atoms with Crippen molar-refractivity contribution in [3.05, 3.63) is 147 Å².